The van der Waals surface area contributed by atoms with Crippen molar-refractivity contribution >= 4 is 17.9 Å². The molecule has 0 heterocycles. The molecule has 0 rings (SSSR count). The van der Waals surface area contributed by atoms with Crippen LogP contribution < -0.4 is 0 Å². The normalized spacial score (nSPS) is 12.9. The first kappa shape index (κ1) is 76.8. The van der Waals surface area contributed by atoms with E-state index in [1.807, 2.05) is 0 Å². The molecule has 0 amide bonds. The molecule has 1 atom stereocenters. The van der Waals surface area contributed by atoms with Crippen LogP contribution in [0.2, 0.25) is 0 Å². The second-order valence-electron chi connectivity index (χ2n) is 22.3. The molecule has 0 fully saturated rings. The van der Waals surface area contributed by atoms with Gasteiger partial charge >= 0.3 is 17.9 Å². The lowest BCUT2D eigenvalue weighted by Crippen LogP contribution is -2.30. The van der Waals surface area contributed by atoms with Crippen molar-refractivity contribution in [2.24, 2.45) is 0 Å². The van der Waals surface area contributed by atoms with Crippen LogP contribution in [0.4, 0.5) is 0 Å². The molecule has 0 aliphatic rings. The molecule has 0 bridgehead atoms. The van der Waals surface area contributed by atoms with Crippen LogP contribution in [0.1, 0.15) is 316 Å². The van der Waals surface area contributed by atoms with Gasteiger partial charge in [0.15, 0.2) is 6.10 Å². The van der Waals surface area contributed by atoms with Crippen LogP contribution in [-0.2, 0) is 28.6 Å². The summed E-state index contributed by atoms with van der Waals surface area (Å²) in [4.78, 5) is 38.1. The van der Waals surface area contributed by atoms with Crippen molar-refractivity contribution in [3.63, 3.8) is 0 Å². The Morgan fingerprint density at radius 2 is 0.481 bits per heavy atom. The zero-order chi connectivity index (χ0) is 58.5. The van der Waals surface area contributed by atoms with E-state index in [2.05, 4.69) is 142 Å². The van der Waals surface area contributed by atoms with Crippen molar-refractivity contribution < 1.29 is 28.6 Å². The van der Waals surface area contributed by atoms with Gasteiger partial charge in [0.2, 0.25) is 0 Å². The molecular formula is C75H126O6. The van der Waals surface area contributed by atoms with Crippen molar-refractivity contribution in [1.82, 2.24) is 0 Å². The molecule has 6 nitrogen and oxygen atoms in total. The first-order chi connectivity index (χ1) is 40.0. The lowest BCUT2D eigenvalue weighted by Gasteiger charge is -2.18. The highest BCUT2D eigenvalue weighted by molar-refractivity contribution is 5.71. The third kappa shape index (κ3) is 66.5. The highest BCUT2D eigenvalue weighted by Crippen LogP contribution is 2.17. The van der Waals surface area contributed by atoms with Crippen LogP contribution in [0.5, 0.6) is 0 Å². The summed E-state index contributed by atoms with van der Waals surface area (Å²) in [5.74, 6) is -0.910. The number of unbranched alkanes of at least 4 members (excludes halogenated alkanes) is 30. The number of hydrogen-bond acceptors (Lipinski definition) is 6. The van der Waals surface area contributed by atoms with E-state index < -0.39 is 6.10 Å². The van der Waals surface area contributed by atoms with Crippen molar-refractivity contribution in [2.75, 3.05) is 13.2 Å². The average Bonchev–Trinajstić information content (AvgIpc) is 3.46. The predicted molar refractivity (Wildman–Crippen MR) is 353 cm³/mol. The van der Waals surface area contributed by atoms with E-state index in [1.54, 1.807) is 0 Å². The lowest BCUT2D eigenvalue weighted by molar-refractivity contribution is -0.167. The fraction of sp³-hybridized carbons (Fsp3) is 0.693. The Labute approximate surface area is 501 Å². The van der Waals surface area contributed by atoms with Gasteiger partial charge in [-0.3, -0.25) is 14.4 Å². The maximum absolute atomic E-state index is 12.9. The second-order valence-corrected chi connectivity index (χ2v) is 22.3. The van der Waals surface area contributed by atoms with Gasteiger partial charge < -0.3 is 14.2 Å². The summed E-state index contributed by atoms with van der Waals surface area (Å²) in [5.41, 5.74) is 0. The summed E-state index contributed by atoms with van der Waals surface area (Å²) in [6.07, 6.45) is 95.4. The molecule has 0 aromatic heterocycles. The van der Waals surface area contributed by atoms with Crippen molar-refractivity contribution in [3.05, 3.63) is 122 Å². The van der Waals surface area contributed by atoms with Gasteiger partial charge in [0.1, 0.15) is 13.2 Å². The second kappa shape index (κ2) is 68.3. The van der Waals surface area contributed by atoms with Crippen LogP contribution in [0.15, 0.2) is 122 Å². The van der Waals surface area contributed by atoms with E-state index in [0.717, 1.165) is 135 Å². The largest absolute Gasteiger partial charge is 0.462 e. The van der Waals surface area contributed by atoms with Crippen LogP contribution in [0, 0.1) is 0 Å². The fourth-order valence-electron chi connectivity index (χ4n) is 9.44. The molecule has 1 unspecified atom stereocenters. The summed E-state index contributed by atoms with van der Waals surface area (Å²) in [7, 11) is 0. The van der Waals surface area contributed by atoms with E-state index in [9.17, 15) is 14.4 Å². The topological polar surface area (TPSA) is 78.9 Å². The zero-order valence-corrected chi connectivity index (χ0v) is 53.0. The number of esters is 3. The predicted octanol–water partition coefficient (Wildman–Crippen LogP) is 23.6. The Balaban J connectivity index is 4.09. The molecule has 0 aliphatic heterocycles. The molecule has 0 aromatic rings. The van der Waals surface area contributed by atoms with Crippen LogP contribution >= 0.6 is 0 Å². The number of rotatable bonds is 61. The SMILES string of the molecule is CC/C=C\C/C=C\C/C=C\C/C=C\C/C=C\C/C=C\CCCCCCC(=O)OC(COC(=O)CCCCCCCCC)COC(=O)CCCCCCCCCCCCCCCCCCCCCC/C=C\C/C=C\C/C=C\C/C=C\CC. The number of carbonyl (C=O) groups is 3. The molecule has 462 valence electrons. The zero-order valence-electron chi connectivity index (χ0n) is 53.0. The Kier molecular flexibility index (Phi) is 64.8. The number of ether oxygens (including phenoxy) is 3. The van der Waals surface area contributed by atoms with Gasteiger partial charge in [-0.15, -0.1) is 0 Å². The van der Waals surface area contributed by atoms with Gasteiger partial charge in [0.05, 0.1) is 0 Å². The monoisotopic (exact) mass is 1120 g/mol. The highest BCUT2D eigenvalue weighted by Gasteiger charge is 2.19. The Hall–Kier alpha value is -4.19. The molecule has 0 aliphatic carbocycles. The van der Waals surface area contributed by atoms with E-state index in [0.29, 0.717) is 19.3 Å². The molecule has 0 N–H and O–H groups in total. The molecule has 81 heavy (non-hydrogen) atoms. The van der Waals surface area contributed by atoms with E-state index in [1.165, 1.54) is 141 Å². The minimum atomic E-state index is -0.790. The molecule has 0 spiro atoms. The first-order valence-electron chi connectivity index (χ1n) is 34.0. The summed E-state index contributed by atoms with van der Waals surface area (Å²) in [6, 6.07) is 0. The van der Waals surface area contributed by atoms with Gasteiger partial charge in [-0.25, -0.2) is 0 Å². The minimum Gasteiger partial charge on any atom is -0.462 e. The van der Waals surface area contributed by atoms with Crippen molar-refractivity contribution in [2.45, 2.75) is 322 Å². The summed E-state index contributed by atoms with van der Waals surface area (Å²) in [5, 5.41) is 0. The van der Waals surface area contributed by atoms with E-state index >= 15 is 0 Å². The Morgan fingerprint density at radius 1 is 0.259 bits per heavy atom. The standard InChI is InChI=1S/C75H126O6/c1-4-7-10-13-16-18-20-22-24-26-28-30-32-33-34-35-36-37-38-39-40-41-43-44-46-48-50-52-54-56-59-62-65-68-74(77)80-71-72(70-79-73(76)67-64-61-58-15-12-9-6-3)81-75(78)69-66-63-60-57-55-53-51-49-47-45-42-31-29-27-25-23-21-19-17-14-11-8-5-2/h7-8,10-11,16-19,22-25,28-31,45,47,51,53,72H,4-6,9,12-15,20-21,26-27,32-44,46,48-50,52,54-71H2,1-3H3/b10-7-,11-8-,18-16-,19-17-,24-22-,25-23-,30-28-,31-29-,47-45-,53-51-. The molecule has 0 aromatic carbocycles. The van der Waals surface area contributed by atoms with Crippen LogP contribution in [0.3, 0.4) is 0 Å². The first-order valence-corrected chi connectivity index (χ1v) is 34.0. The third-order valence-electron chi connectivity index (χ3n) is 14.5. The summed E-state index contributed by atoms with van der Waals surface area (Å²) in [6.45, 7) is 6.37. The minimum absolute atomic E-state index is 0.0868. The number of hydrogen-bond donors (Lipinski definition) is 0. The maximum Gasteiger partial charge on any atom is 0.306 e. The van der Waals surface area contributed by atoms with Gasteiger partial charge in [-0.2, -0.15) is 0 Å². The van der Waals surface area contributed by atoms with Crippen LogP contribution in [0.25, 0.3) is 0 Å². The van der Waals surface area contributed by atoms with Gasteiger partial charge in [-0.1, -0.05) is 309 Å². The summed E-state index contributed by atoms with van der Waals surface area (Å²) >= 11 is 0. The lowest BCUT2D eigenvalue weighted by atomic mass is 10.0. The van der Waals surface area contributed by atoms with Gasteiger partial charge in [0.25, 0.3) is 0 Å². The van der Waals surface area contributed by atoms with Gasteiger partial charge in [0, 0.05) is 19.3 Å². The van der Waals surface area contributed by atoms with Gasteiger partial charge in [-0.05, 0) is 109 Å². The third-order valence-corrected chi connectivity index (χ3v) is 14.5. The molecule has 6 heteroatoms. The summed E-state index contributed by atoms with van der Waals surface area (Å²) < 4.78 is 16.8. The van der Waals surface area contributed by atoms with Crippen LogP contribution in [-0.4, -0.2) is 37.2 Å². The number of carbonyl (C=O) groups excluding carboxylic acids is 3. The van der Waals surface area contributed by atoms with E-state index in [4.69, 9.17) is 14.2 Å². The number of allylic oxidation sites excluding steroid dienone is 20. The molecule has 0 saturated heterocycles. The Bertz CT molecular complexity index is 1670. The van der Waals surface area contributed by atoms with E-state index in [-0.39, 0.29) is 31.1 Å². The highest BCUT2D eigenvalue weighted by atomic mass is 16.6. The average molecular weight is 1120 g/mol. The van der Waals surface area contributed by atoms with Crippen molar-refractivity contribution in [1.29, 1.82) is 0 Å². The van der Waals surface area contributed by atoms with Crippen molar-refractivity contribution in [3.8, 4) is 0 Å². The molecule has 0 radical (unpaired) electrons. The quantitative estimate of drug-likeness (QED) is 0.0261. The Morgan fingerprint density at radius 3 is 0.753 bits per heavy atom. The molecule has 0 saturated carbocycles. The smallest absolute Gasteiger partial charge is 0.306 e. The molecular weight excluding hydrogens is 997 g/mol. The maximum atomic E-state index is 12.9. The fourth-order valence-corrected chi connectivity index (χ4v) is 9.44.